The van der Waals surface area contributed by atoms with Crippen molar-refractivity contribution in [3.63, 3.8) is 0 Å². The lowest BCUT2D eigenvalue weighted by Crippen LogP contribution is -2.15. The van der Waals surface area contributed by atoms with Gasteiger partial charge in [0.1, 0.15) is 5.69 Å². The van der Waals surface area contributed by atoms with Gasteiger partial charge in [0.15, 0.2) is 0 Å². The maximum atomic E-state index is 13.4. The minimum Gasteiger partial charge on any atom is -0.313 e. The van der Waals surface area contributed by atoms with Crippen molar-refractivity contribution in [3.8, 4) is 5.69 Å². The highest BCUT2D eigenvalue weighted by atomic mass is 19.3. The van der Waals surface area contributed by atoms with E-state index in [0.717, 1.165) is 24.1 Å². The molecule has 2 rings (SSSR count). The highest BCUT2D eigenvalue weighted by Crippen LogP contribution is 2.26. The summed E-state index contributed by atoms with van der Waals surface area (Å²) < 4.78 is 28.2. The Morgan fingerprint density at radius 1 is 1.19 bits per heavy atom. The Hall–Kier alpha value is -1.75. The van der Waals surface area contributed by atoms with E-state index >= 15 is 0 Å². The molecule has 21 heavy (non-hydrogen) atoms. The summed E-state index contributed by atoms with van der Waals surface area (Å²) in [6.45, 7) is 7.16. The van der Waals surface area contributed by atoms with E-state index in [0.29, 0.717) is 17.8 Å². The molecule has 0 atom stereocenters. The van der Waals surface area contributed by atoms with Gasteiger partial charge >= 0.3 is 0 Å². The van der Waals surface area contributed by atoms with Gasteiger partial charge in [-0.15, -0.1) is 0 Å². The van der Waals surface area contributed by atoms with Crippen LogP contribution in [0.5, 0.6) is 0 Å². The van der Waals surface area contributed by atoms with Crippen LogP contribution in [0.15, 0.2) is 24.4 Å². The van der Waals surface area contributed by atoms with Crippen molar-refractivity contribution in [2.45, 2.75) is 40.2 Å². The molecule has 0 unspecified atom stereocenters. The summed E-state index contributed by atoms with van der Waals surface area (Å²) in [7, 11) is 0. The number of hydrogen-bond acceptors (Lipinski definition) is 2. The van der Waals surface area contributed by atoms with Crippen molar-refractivity contribution in [1.29, 1.82) is 0 Å². The smallest absolute Gasteiger partial charge is 0.280 e. The zero-order valence-electron chi connectivity index (χ0n) is 12.7. The maximum absolute atomic E-state index is 13.4. The molecule has 0 aliphatic carbocycles. The molecule has 0 spiro atoms. The summed E-state index contributed by atoms with van der Waals surface area (Å²) in [4.78, 5) is 0. The normalized spacial score (nSPS) is 11.3. The SMILES string of the molecule is CCCNCc1cnn(-c2cc(C)cc(C)c2)c1C(F)F. The van der Waals surface area contributed by atoms with Gasteiger partial charge in [-0.3, -0.25) is 0 Å². The topological polar surface area (TPSA) is 29.9 Å². The first-order valence-corrected chi connectivity index (χ1v) is 7.17. The third-order valence-corrected chi connectivity index (χ3v) is 3.29. The number of aryl methyl sites for hydroxylation is 2. The summed E-state index contributed by atoms with van der Waals surface area (Å²) in [6, 6.07) is 5.75. The van der Waals surface area contributed by atoms with Gasteiger partial charge in [-0.25, -0.2) is 13.5 Å². The number of nitrogens with zero attached hydrogens (tertiary/aromatic N) is 2. The van der Waals surface area contributed by atoms with Crippen LogP contribution in [0.25, 0.3) is 5.69 Å². The molecule has 0 saturated heterocycles. The van der Waals surface area contributed by atoms with Crippen LogP contribution < -0.4 is 5.32 Å². The van der Waals surface area contributed by atoms with Gasteiger partial charge in [-0.05, 0) is 50.1 Å². The average molecular weight is 293 g/mol. The monoisotopic (exact) mass is 293 g/mol. The van der Waals surface area contributed by atoms with E-state index in [1.165, 1.54) is 10.9 Å². The molecule has 1 aromatic carbocycles. The van der Waals surface area contributed by atoms with Crippen molar-refractivity contribution >= 4 is 0 Å². The number of aromatic nitrogens is 2. The molecule has 114 valence electrons. The lowest BCUT2D eigenvalue weighted by atomic mass is 10.1. The molecule has 0 saturated carbocycles. The van der Waals surface area contributed by atoms with Crippen molar-refractivity contribution in [2.24, 2.45) is 0 Å². The largest absolute Gasteiger partial charge is 0.313 e. The zero-order chi connectivity index (χ0) is 15.4. The molecule has 1 heterocycles. The Morgan fingerprint density at radius 3 is 2.43 bits per heavy atom. The van der Waals surface area contributed by atoms with Crippen LogP contribution in [0, 0.1) is 13.8 Å². The molecule has 0 amide bonds. The van der Waals surface area contributed by atoms with Crippen molar-refractivity contribution in [1.82, 2.24) is 15.1 Å². The van der Waals surface area contributed by atoms with E-state index in [2.05, 4.69) is 10.4 Å². The van der Waals surface area contributed by atoms with E-state index in [-0.39, 0.29) is 5.69 Å². The number of nitrogens with one attached hydrogen (secondary N) is 1. The fourth-order valence-electron chi connectivity index (χ4n) is 2.44. The number of benzene rings is 1. The quantitative estimate of drug-likeness (QED) is 0.818. The molecule has 5 heteroatoms. The van der Waals surface area contributed by atoms with Crippen LogP contribution in [0.1, 0.15) is 42.2 Å². The van der Waals surface area contributed by atoms with E-state index in [9.17, 15) is 8.78 Å². The molecule has 0 fully saturated rings. The van der Waals surface area contributed by atoms with Crippen LogP contribution in [-0.2, 0) is 6.54 Å². The predicted molar refractivity (Wildman–Crippen MR) is 80.0 cm³/mol. The number of rotatable bonds is 6. The first-order chi connectivity index (χ1) is 10.0. The Bertz CT molecular complexity index is 585. The first-order valence-electron chi connectivity index (χ1n) is 7.17. The maximum Gasteiger partial charge on any atom is 0.280 e. The van der Waals surface area contributed by atoms with E-state index in [1.807, 2.05) is 39.0 Å². The van der Waals surface area contributed by atoms with Gasteiger partial charge in [0.2, 0.25) is 0 Å². The lowest BCUT2D eigenvalue weighted by Gasteiger charge is -2.11. The van der Waals surface area contributed by atoms with Crippen LogP contribution in [0.2, 0.25) is 0 Å². The highest BCUT2D eigenvalue weighted by Gasteiger charge is 2.20. The highest BCUT2D eigenvalue weighted by molar-refractivity contribution is 5.41. The van der Waals surface area contributed by atoms with Gasteiger partial charge in [-0.2, -0.15) is 5.10 Å². The number of hydrogen-bond donors (Lipinski definition) is 1. The molecule has 1 aromatic heterocycles. The van der Waals surface area contributed by atoms with Gasteiger partial charge in [0, 0.05) is 12.1 Å². The van der Waals surface area contributed by atoms with Gasteiger partial charge < -0.3 is 5.32 Å². The third kappa shape index (κ3) is 3.67. The van der Waals surface area contributed by atoms with Crippen LogP contribution in [0.3, 0.4) is 0 Å². The van der Waals surface area contributed by atoms with Crippen molar-refractivity contribution < 1.29 is 8.78 Å². The predicted octanol–water partition coefficient (Wildman–Crippen LogP) is 3.93. The standard InChI is InChI=1S/C16H21F2N3/c1-4-5-19-9-13-10-20-21(15(13)16(17)18)14-7-11(2)6-12(3)8-14/h6-8,10,16,19H,4-5,9H2,1-3H3. The fraction of sp³-hybridized carbons (Fsp3) is 0.438. The second kappa shape index (κ2) is 6.80. The van der Waals surface area contributed by atoms with E-state index in [4.69, 9.17) is 0 Å². The molecule has 2 aromatic rings. The molecule has 1 N–H and O–H groups in total. The van der Waals surface area contributed by atoms with Crippen LogP contribution in [0.4, 0.5) is 8.78 Å². The minimum absolute atomic E-state index is 0.0244. The second-order valence-corrected chi connectivity index (χ2v) is 5.29. The van der Waals surface area contributed by atoms with Crippen molar-refractivity contribution in [3.05, 3.63) is 46.8 Å². The van der Waals surface area contributed by atoms with Gasteiger partial charge in [0.25, 0.3) is 6.43 Å². The third-order valence-electron chi connectivity index (χ3n) is 3.29. The lowest BCUT2D eigenvalue weighted by molar-refractivity contribution is 0.141. The zero-order valence-corrected chi connectivity index (χ0v) is 12.7. The molecule has 0 aliphatic heterocycles. The summed E-state index contributed by atoms with van der Waals surface area (Å²) in [6.07, 6.45) is -0.0522. The van der Waals surface area contributed by atoms with E-state index in [1.54, 1.807) is 0 Å². The molecule has 0 aliphatic rings. The molecular weight excluding hydrogens is 272 g/mol. The Morgan fingerprint density at radius 2 is 1.86 bits per heavy atom. The molecule has 3 nitrogen and oxygen atoms in total. The number of alkyl halides is 2. The summed E-state index contributed by atoms with van der Waals surface area (Å²) >= 11 is 0. The van der Waals surface area contributed by atoms with Crippen LogP contribution >= 0.6 is 0 Å². The molecule has 0 bridgehead atoms. The summed E-state index contributed by atoms with van der Waals surface area (Å²) in [5, 5.41) is 7.31. The number of halogens is 2. The summed E-state index contributed by atoms with van der Waals surface area (Å²) in [5.74, 6) is 0. The summed E-state index contributed by atoms with van der Waals surface area (Å²) in [5.41, 5.74) is 3.28. The minimum atomic E-state index is -2.55. The Balaban J connectivity index is 2.39. The Kier molecular flexibility index (Phi) is 5.07. The Labute approximate surface area is 124 Å². The average Bonchev–Trinajstić information content (AvgIpc) is 2.82. The second-order valence-electron chi connectivity index (χ2n) is 5.29. The molecule has 0 radical (unpaired) electrons. The molecular formula is C16H21F2N3. The fourth-order valence-corrected chi connectivity index (χ4v) is 2.44. The van der Waals surface area contributed by atoms with E-state index < -0.39 is 6.43 Å². The van der Waals surface area contributed by atoms with Gasteiger partial charge in [0.05, 0.1) is 11.9 Å². The first kappa shape index (κ1) is 15.6. The van der Waals surface area contributed by atoms with Crippen LogP contribution in [-0.4, -0.2) is 16.3 Å². The van der Waals surface area contributed by atoms with Gasteiger partial charge in [-0.1, -0.05) is 13.0 Å². The van der Waals surface area contributed by atoms with Crippen molar-refractivity contribution in [2.75, 3.05) is 6.54 Å².